The van der Waals surface area contributed by atoms with E-state index < -0.39 is 0 Å². The summed E-state index contributed by atoms with van der Waals surface area (Å²) in [6.07, 6.45) is 9.53. The van der Waals surface area contributed by atoms with Gasteiger partial charge in [0.2, 0.25) is 0 Å². The Kier molecular flexibility index (Phi) is 11.4. The molecule has 0 radical (unpaired) electrons. The molecule has 152 valence electrons. The van der Waals surface area contributed by atoms with Crippen molar-refractivity contribution < 1.29 is 9.47 Å². The van der Waals surface area contributed by atoms with Crippen LogP contribution in [0.2, 0.25) is 3.67 Å². The Balaban J connectivity index is 1.67. The molecule has 0 saturated carbocycles. The number of nitrogens with zero attached hydrogens (tertiary/aromatic N) is 1. The van der Waals surface area contributed by atoms with Crippen LogP contribution >= 0.6 is 0 Å². The summed E-state index contributed by atoms with van der Waals surface area (Å²) in [4.78, 5) is 2.63. The van der Waals surface area contributed by atoms with Gasteiger partial charge in [-0.2, -0.15) is 0 Å². The third-order valence-corrected chi connectivity index (χ3v) is 9.22. The fourth-order valence-electron chi connectivity index (χ4n) is 4.55. The van der Waals surface area contributed by atoms with Crippen molar-refractivity contribution in [1.82, 2.24) is 4.90 Å². The number of hydrogen-bond donors (Lipinski definition) is 0. The summed E-state index contributed by atoms with van der Waals surface area (Å²) in [5, 5.41) is 0. The van der Waals surface area contributed by atoms with Crippen molar-refractivity contribution in [2.24, 2.45) is 5.92 Å². The van der Waals surface area contributed by atoms with Gasteiger partial charge in [0.25, 0.3) is 0 Å². The Hall–Kier alpha value is -0.0299. The first-order valence-electron chi connectivity index (χ1n) is 11.0. The normalized spacial score (nSPS) is 19.7. The molecule has 3 unspecified atom stereocenters. The van der Waals surface area contributed by atoms with Crippen molar-refractivity contribution in [2.45, 2.75) is 74.3 Å². The Labute approximate surface area is 181 Å². The Morgan fingerprint density at radius 1 is 1.00 bits per heavy atom. The van der Waals surface area contributed by atoms with Gasteiger partial charge in [0.15, 0.2) is 0 Å². The molecule has 1 aromatic rings. The monoisotopic (exact) mass is 477 g/mol. The number of methoxy groups -OCH3 is 2. The molecule has 1 aliphatic heterocycles. The van der Waals surface area contributed by atoms with Crippen LogP contribution < -0.4 is 0 Å². The minimum atomic E-state index is 0.267. The average Bonchev–Trinajstić information content (AvgIpc) is 2.70. The zero-order valence-electron chi connectivity index (χ0n) is 18.0. The van der Waals surface area contributed by atoms with E-state index in [1.807, 2.05) is 14.2 Å². The summed E-state index contributed by atoms with van der Waals surface area (Å²) in [5.41, 5.74) is 1.45. The van der Waals surface area contributed by atoms with Gasteiger partial charge in [0, 0.05) is 0 Å². The molecule has 1 aliphatic rings. The first kappa shape index (κ1) is 23.3. The summed E-state index contributed by atoms with van der Waals surface area (Å²) in [6.45, 7) is 5.88. The van der Waals surface area contributed by atoms with Gasteiger partial charge in [-0.25, -0.2) is 0 Å². The van der Waals surface area contributed by atoms with Crippen LogP contribution in [-0.2, 0) is 16.0 Å². The van der Waals surface area contributed by atoms with Crippen LogP contribution in [0.25, 0.3) is 0 Å². The molecule has 3 nitrogen and oxygen atoms in total. The van der Waals surface area contributed by atoms with E-state index >= 15 is 0 Å². The van der Waals surface area contributed by atoms with Crippen LogP contribution in [0.4, 0.5) is 0 Å². The summed E-state index contributed by atoms with van der Waals surface area (Å²) < 4.78 is 12.4. The SMILES string of the molecule is CCCC(OC)C(CC[CH]([InH2])CC1CCN(Cc2ccccc2)CC1)OC. The standard InChI is InChI=1S/C23H38NO2.In.2H/c1-4-10-22(25-2)23(26-3)14-9-8-11-20-15-17-24(18-16-20)19-21-12-6-5-7-13-21;;;/h5-8,12-13,20,22-23H,4,9-11,14-19H2,1-3H3;;;. The number of hydrogen-bond acceptors (Lipinski definition) is 3. The molecule has 1 aromatic carbocycles. The van der Waals surface area contributed by atoms with E-state index in [1.165, 1.54) is 50.8 Å². The molecule has 0 aromatic heterocycles. The van der Waals surface area contributed by atoms with E-state index in [1.54, 1.807) is 0 Å². The van der Waals surface area contributed by atoms with E-state index in [0.29, 0.717) is 0 Å². The quantitative estimate of drug-likeness (QED) is 0.448. The van der Waals surface area contributed by atoms with Gasteiger partial charge in [-0.3, -0.25) is 0 Å². The van der Waals surface area contributed by atoms with Crippen LogP contribution in [0, 0.1) is 5.92 Å². The predicted molar refractivity (Wildman–Crippen MR) is 117 cm³/mol. The van der Waals surface area contributed by atoms with Crippen LogP contribution in [0.15, 0.2) is 30.3 Å². The molecule has 0 amide bonds. The molecule has 0 spiro atoms. The second-order valence-corrected chi connectivity index (χ2v) is 13.1. The molecule has 0 N–H and O–H groups in total. The number of rotatable bonds is 12. The molecule has 4 heteroatoms. The molecule has 0 bridgehead atoms. The van der Waals surface area contributed by atoms with Gasteiger partial charge in [-0.05, 0) is 0 Å². The third-order valence-electron chi connectivity index (χ3n) is 6.23. The Morgan fingerprint density at radius 3 is 2.22 bits per heavy atom. The summed E-state index contributed by atoms with van der Waals surface area (Å²) in [5.74, 6) is 0.943. The molecule has 3 atom stereocenters. The fourth-order valence-corrected chi connectivity index (χ4v) is 7.41. The zero-order chi connectivity index (χ0) is 19.5. The molecule has 1 heterocycles. The van der Waals surface area contributed by atoms with Crippen molar-refractivity contribution in [3.63, 3.8) is 0 Å². The number of likely N-dealkylation sites (tertiary alicyclic amines) is 1. The second kappa shape index (κ2) is 13.2. The van der Waals surface area contributed by atoms with Gasteiger partial charge in [0.05, 0.1) is 0 Å². The molecular weight excluding hydrogens is 437 g/mol. The van der Waals surface area contributed by atoms with Crippen molar-refractivity contribution in [2.75, 3.05) is 27.3 Å². The number of ether oxygens (including phenoxy) is 2. The Bertz CT molecular complexity index is 490. The molecule has 2 rings (SSSR count). The van der Waals surface area contributed by atoms with Gasteiger partial charge in [-0.15, -0.1) is 0 Å². The van der Waals surface area contributed by atoms with E-state index in [2.05, 4.69) is 42.2 Å². The first-order chi connectivity index (χ1) is 13.2. The maximum absolute atomic E-state index is 5.76. The van der Waals surface area contributed by atoms with Crippen molar-refractivity contribution in [3.05, 3.63) is 35.9 Å². The molecule has 1 saturated heterocycles. The van der Waals surface area contributed by atoms with Gasteiger partial charge in [0.1, 0.15) is 0 Å². The van der Waals surface area contributed by atoms with Crippen LogP contribution in [-0.4, -0.2) is 68.8 Å². The third kappa shape index (κ3) is 8.47. The fraction of sp³-hybridized carbons (Fsp3) is 0.739. The number of benzene rings is 1. The molecule has 27 heavy (non-hydrogen) atoms. The van der Waals surface area contributed by atoms with Crippen molar-refractivity contribution in [1.29, 1.82) is 0 Å². The van der Waals surface area contributed by atoms with Crippen molar-refractivity contribution in [3.8, 4) is 0 Å². The summed E-state index contributed by atoms with van der Waals surface area (Å²) >= 11 is 0.720. The molecule has 1 fully saturated rings. The zero-order valence-corrected chi connectivity index (χ0v) is 23.7. The van der Waals surface area contributed by atoms with Gasteiger partial charge in [-0.1, -0.05) is 0 Å². The van der Waals surface area contributed by atoms with Gasteiger partial charge >= 0.3 is 182 Å². The minimum absolute atomic E-state index is 0.267. The van der Waals surface area contributed by atoms with Crippen LogP contribution in [0.1, 0.15) is 57.4 Å². The predicted octanol–water partition coefficient (Wildman–Crippen LogP) is 4.32. The van der Waals surface area contributed by atoms with E-state index in [9.17, 15) is 0 Å². The van der Waals surface area contributed by atoms with Crippen LogP contribution in [0.3, 0.4) is 0 Å². The first-order valence-corrected chi connectivity index (χ1v) is 14.3. The summed E-state index contributed by atoms with van der Waals surface area (Å²) in [7, 11) is 3.68. The van der Waals surface area contributed by atoms with E-state index in [0.717, 1.165) is 53.4 Å². The topological polar surface area (TPSA) is 21.7 Å². The molecular formula is C23H40InNO2. The molecule has 0 aliphatic carbocycles. The van der Waals surface area contributed by atoms with E-state index in [-0.39, 0.29) is 12.2 Å². The summed E-state index contributed by atoms with van der Waals surface area (Å²) in [6, 6.07) is 10.9. The van der Waals surface area contributed by atoms with Gasteiger partial charge < -0.3 is 0 Å². The van der Waals surface area contributed by atoms with Crippen molar-refractivity contribution >= 4 is 24.4 Å². The maximum atomic E-state index is 5.76. The van der Waals surface area contributed by atoms with E-state index in [4.69, 9.17) is 9.47 Å². The second-order valence-electron chi connectivity index (χ2n) is 8.46. The number of piperidine rings is 1. The van der Waals surface area contributed by atoms with Crippen LogP contribution in [0.5, 0.6) is 0 Å². The Morgan fingerprint density at radius 2 is 1.63 bits per heavy atom. The average molecular weight is 477 g/mol.